The average Bonchev–Trinajstić information content (AvgIpc) is 2.54. The summed E-state index contributed by atoms with van der Waals surface area (Å²) in [6.07, 6.45) is 0.795. The first-order valence-electron chi connectivity index (χ1n) is 7.94. The van der Waals surface area contributed by atoms with Crippen LogP contribution in [0.3, 0.4) is 0 Å². The Morgan fingerprint density at radius 1 is 1.42 bits per heavy atom. The molecule has 1 saturated heterocycles. The number of hydrogen-bond acceptors (Lipinski definition) is 3. The van der Waals surface area contributed by atoms with E-state index in [2.05, 4.69) is 10.2 Å². The van der Waals surface area contributed by atoms with Crippen LogP contribution in [0.4, 0.5) is 4.39 Å². The molecule has 5 nitrogen and oxygen atoms in total. The van der Waals surface area contributed by atoms with E-state index in [-0.39, 0.29) is 28.8 Å². The summed E-state index contributed by atoms with van der Waals surface area (Å²) in [4.78, 5) is 27.6. The summed E-state index contributed by atoms with van der Waals surface area (Å²) in [5.41, 5.74) is 0.388. The summed E-state index contributed by atoms with van der Waals surface area (Å²) in [7, 11) is 3.93. The molecule has 2 amide bonds. The number of carbonyl (C=O) groups excluding carboxylic acids is 2. The van der Waals surface area contributed by atoms with Crippen LogP contribution < -0.4 is 5.32 Å². The highest BCUT2D eigenvalue weighted by molar-refractivity contribution is 6.31. The van der Waals surface area contributed by atoms with Crippen LogP contribution >= 0.6 is 11.6 Å². The van der Waals surface area contributed by atoms with Gasteiger partial charge in [0.1, 0.15) is 5.82 Å². The smallest absolute Gasteiger partial charge is 0.253 e. The predicted molar refractivity (Wildman–Crippen MR) is 91.6 cm³/mol. The predicted octanol–water partition coefficient (Wildman–Crippen LogP) is 2.01. The van der Waals surface area contributed by atoms with Gasteiger partial charge in [0.05, 0.1) is 5.02 Å². The second-order valence-electron chi connectivity index (χ2n) is 6.40. The Balaban J connectivity index is 2.08. The minimum absolute atomic E-state index is 0.0491. The largest absolute Gasteiger partial charge is 0.356 e. The van der Waals surface area contributed by atoms with Crippen LogP contribution in [0.15, 0.2) is 18.2 Å². The summed E-state index contributed by atoms with van der Waals surface area (Å²) in [6, 6.07) is 4.18. The molecule has 2 rings (SSSR count). The fraction of sp³-hybridized carbons (Fsp3) is 0.529. The van der Waals surface area contributed by atoms with Crippen molar-refractivity contribution in [2.24, 2.45) is 5.92 Å². The van der Waals surface area contributed by atoms with E-state index in [0.29, 0.717) is 25.2 Å². The first-order valence-corrected chi connectivity index (χ1v) is 8.32. The molecular formula is C17H23ClFN3O2. The number of hydrogen-bond donors (Lipinski definition) is 1. The zero-order valence-corrected chi connectivity index (χ0v) is 14.9. The molecule has 1 aliphatic heterocycles. The van der Waals surface area contributed by atoms with Gasteiger partial charge in [-0.2, -0.15) is 0 Å². The van der Waals surface area contributed by atoms with Crippen molar-refractivity contribution in [1.82, 2.24) is 15.1 Å². The van der Waals surface area contributed by atoms with E-state index >= 15 is 0 Å². The van der Waals surface area contributed by atoms with E-state index in [1.54, 1.807) is 4.90 Å². The maximum atomic E-state index is 13.3. The van der Waals surface area contributed by atoms with Crippen molar-refractivity contribution < 1.29 is 14.0 Å². The third-order valence-electron chi connectivity index (χ3n) is 4.45. The topological polar surface area (TPSA) is 52.7 Å². The molecule has 24 heavy (non-hydrogen) atoms. The minimum Gasteiger partial charge on any atom is -0.356 e. The van der Waals surface area contributed by atoms with Gasteiger partial charge in [0.25, 0.3) is 5.91 Å². The number of likely N-dealkylation sites (N-methyl/N-ethyl adjacent to an activating group) is 1. The fourth-order valence-corrected chi connectivity index (χ4v) is 3.25. The number of amides is 2. The fourth-order valence-electron chi connectivity index (χ4n) is 3.07. The molecule has 1 heterocycles. The summed E-state index contributed by atoms with van der Waals surface area (Å²) < 4.78 is 13.3. The van der Waals surface area contributed by atoms with Crippen LogP contribution in [0.2, 0.25) is 5.02 Å². The normalized spacial score (nSPS) is 21.0. The molecule has 2 atom stereocenters. The molecule has 1 N–H and O–H groups in total. The van der Waals surface area contributed by atoms with Gasteiger partial charge in [-0.25, -0.2) is 4.39 Å². The zero-order valence-electron chi connectivity index (χ0n) is 14.2. The second kappa shape index (κ2) is 7.94. The van der Waals surface area contributed by atoms with Crippen molar-refractivity contribution in [3.63, 3.8) is 0 Å². The highest BCUT2D eigenvalue weighted by Gasteiger charge is 2.33. The molecule has 132 valence electrons. The van der Waals surface area contributed by atoms with Gasteiger partial charge in [-0.1, -0.05) is 11.6 Å². The van der Waals surface area contributed by atoms with E-state index in [0.717, 1.165) is 6.42 Å². The van der Waals surface area contributed by atoms with Gasteiger partial charge in [0.15, 0.2) is 0 Å². The molecule has 0 unspecified atom stereocenters. The first kappa shape index (κ1) is 18.7. The van der Waals surface area contributed by atoms with Gasteiger partial charge in [0.2, 0.25) is 5.91 Å². The van der Waals surface area contributed by atoms with E-state index in [4.69, 9.17) is 11.6 Å². The number of halogens is 2. The van der Waals surface area contributed by atoms with Crippen molar-refractivity contribution in [1.29, 1.82) is 0 Å². The first-order chi connectivity index (χ1) is 11.3. The van der Waals surface area contributed by atoms with Gasteiger partial charge in [0, 0.05) is 38.2 Å². The molecule has 1 fully saturated rings. The summed E-state index contributed by atoms with van der Waals surface area (Å²) in [5.74, 6) is -0.452. The minimum atomic E-state index is -0.534. The van der Waals surface area contributed by atoms with Crippen LogP contribution in [-0.2, 0) is 4.79 Å². The lowest BCUT2D eigenvalue weighted by molar-refractivity contribution is -0.119. The van der Waals surface area contributed by atoms with Crippen LogP contribution in [0, 0.1) is 11.7 Å². The maximum absolute atomic E-state index is 13.3. The molecular weight excluding hydrogens is 333 g/mol. The van der Waals surface area contributed by atoms with E-state index in [9.17, 15) is 14.0 Å². The number of nitrogens with zero attached hydrogens (tertiary/aromatic N) is 2. The van der Waals surface area contributed by atoms with Crippen LogP contribution in [-0.4, -0.2) is 61.4 Å². The number of benzene rings is 1. The van der Waals surface area contributed by atoms with Crippen molar-refractivity contribution in [3.05, 3.63) is 34.6 Å². The summed E-state index contributed by atoms with van der Waals surface area (Å²) in [5, 5.41) is 2.81. The lowest BCUT2D eigenvalue weighted by Crippen LogP contribution is -2.54. The molecule has 7 heteroatoms. The molecule has 0 aliphatic carbocycles. The molecule has 0 bridgehead atoms. The van der Waals surface area contributed by atoms with Crippen LogP contribution in [0.1, 0.15) is 23.7 Å². The summed E-state index contributed by atoms with van der Waals surface area (Å²) >= 11 is 5.78. The standard InChI is InChI=1S/C17H23ClFN3O2/c1-11(23)20-9-13-6-7-22(10-16(13)21(2)3)17(24)12-4-5-15(19)14(18)8-12/h4-5,8,13,16H,6-7,9-10H2,1-3H3,(H,20,23)/t13-,16-/m1/s1. The highest BCUT2D eigenvalue weighted by atomic mass is 35.5. The molecule has 0 aromatic heterocycles. The van der Waals surface area contributed by atoms with E-state index in [1.165, 1.54) is 25.1 Å². The number of rotatable bonds is 4. The van der Waals surface area contributed by atoms with Gasteiger partial charge in [-0.05, 0) is 44.6 Å². The zero-order chi connectivity index (χ0) is 17.9. The lowest BCUT2D eigenvalue weighted by Gasteiger charge is -2.41. The van der Waals surface area contributed by atoms with E-state index in [1.807, 2.05) is 14.1 Å². The Kier molecular flexibility index (Phi) is 6.18. The van der Waals surface area contributed by atoms with E-state index < -0.39 is 5.82 Å². The maximum Gasteiger partial charge on any atom is 0.253 e. The van der Waals surface area contributed by atoms with Crippen molar-refractivity contribution >= 4 is 23.4 Å². The third kappa shape index (κ3) is 4.45. The van der Waals surface area contributed by atoms with Crippen LogP contribution in [0.25, 0.3) is 0 Å². The second-order valence-corrected chi connectivity index (χ2v) is 6.80. The number of nitrogens with one attached hydrogen (secondary N) is 1. The summed E-state index contributed by atoms with van der Waals surface area (Å²) in [6.45, 7) is 3.26. The highest BCUT2D eigenvalue weighted by Crippen LogP contribution is 2.23. The number of piperidine rings is 1. The molecule has 1 aromatic rings. The third-order valence-corrected chi connectivity index (χ3v) is 4.74. The van der Waals surface area contributed by atoms with Gasteiger partial charge >= 0.3 is 0 Å². The average molecular weight is 356 g/mol. The van der Waals surface area contributed by atoms with Gasteiger partial charge in [-0.15, -0.1) is 0 Å². The molecule has 1 aliphatic rings. The molecule has 1 aromatic carbocycles. The SMILES string of the molecule is CC(=O)NC[C@H]1CCN(C(=O)c2ccc(F)c(Cl)c2)C[C@H]1N(C)C. The number of carbonyl (C=O) groups is 2. The monoisotopic (exact) mass is 355 g/mol. The van der Waals surface area contributed by atoms with Crippen molar-refractivity contribution in [2.45, 2.75) is 19.4 Å². The number of likely N-dealkylation sites (tertiary alicyclic amines) is 1. The quantitative estimate of drug-likeness (QED) is 0.899. The molecule has 0 spiro atoms. The Hall–Kier alpha value is -1.66. The molecule has 0 radical (unpaired) electrons. The van der Waals surface area contributed by atoms with Crippen molar-refractivity contribution in [2.75, 3.05) is 33.7 Å². The Labute approximate surface area is 146 Å². The Morgan fingerprint density at radius 2 is 2.12 bits per heavy atom. The molecule has 0 saturated carbocycles. The Morgan fingerprint density at radius 3 is 2.71 bits per heavy atom. The van der Waals surface area contributed by atoms with Crippen molar-refractivity contribution in [3.8, 4) is 0 Å². The van der Waals surface area contributed by atoms with Gasteiger partial charge in [-0.3, -0.25) is 9.59 Å². The van der Waals surface area contributed by atoms with Gasteiger partial charge < -0.3 is 15.1 Å². The lowest BCUT2D eigenvalue weighted by atomic mass is 9.90. The Bertz CT molecular complexity index is 624. The van der Waals surface area contributed by atoms with Crippen LogP contribution in [0.5, 0.6) is 0 Å².